The number of carbonyl (C=O) groups is 1. The lowest BCUT2D eigenvalue weighted by molar-refractivity contribution is 0.201. The number of aryl methyl sites for hydroxylation is 2. The molecule has 0 spiro atoms. The van der Waals surface area contributed by atoms with Crippen molar-refractivity contribution in [2.45, 2.75) is 13.3 Å². The summed E-state index contributed by atoms with van der Waals surface area (Å²) in [6.07, 6.45) is 0.696. The molecule has 2 heterocycles. The molecule has 0 aliphatic heterocycles. The molecule has 26 heavy (non-hydrogen) atoms. The zero-order valence-corrected chi connectivity index (χ0v) is 15.8. The van der Waals surface area contributed by atoms with Crippen molar-refractivity contribution in [3.05, 3.63) is 47.8 Å². The van der Waals surface area contributed by atoms with Gasteiger partial charge < -0.3 is 4.74 Å². The summed E-state index contributed by atoms with van der Waals surface area (Å²) in [5, 5.41) is 11.6. The number of aromatic nitrogens is 3. The van der Waals surface area contributed by atoms with E-state index >= 15 is 0 Å². The Morgan fingerprint density at radius 3 is 2.77 bits per heavy atom. The molecule has 8 heteroatoms. The Labute approximate surface area is 156 Å². The normalized spacial score (nSPS) is 10.7. The molecule has 3 aromatic rings. The van der Waals surface area contributed by atoms with Crippen LogP contribution in [-0.2, 0) is 18.2 Å². The average molecular weight is 371 g/mol. The van der Waals surface area contributed by atoms with Gasteiger partial charge in [-0.3, -0.25) is 15.3 Å². The van der Waals surface area contributed by atoms with E-state index in [4.69, 9.17) is 4.74 Å². The van der Waals surface area contributed by atoms with E-state index in [1.54, 1.807) is 18.8 Å². The first-order valence-corrected chi connectivity index (χ1v) is 9.01. The van der Waals surface area contributed by atoms with E-state index in [0.717, 1.165) is 27.0 Å². The van der Waals surface area contributed by atoms with Crippen molar-refractivity contribution in [3.63, 3.8) is 0 Å². The summed E-state index contributed by atoms with van der Waals surface area (Å²) >= 11 is 1.45. The van der Waals surface area contributed by atoms with E-state index in [2.05, 4.69) is 20.7 Å². The lowest BCUT2D eigenvalue weighted by Crippen LogP contribution is -2.20. The maximum absolute atomic E-state index is 12.3. The second-order valence-corrected chi connectivity index (χ2v) is 6.77. The second kappa shape index (κ2) is 8.11. The summed E-state index contributed by atoms with van der Waals surface area (Å²) in [6.45, 7) is 2.47. The van der Waals surface area contributed by atoms with Gasteiger partial charge in [-0.2, -0.15) is 5.10 Å². The van der Waals surface area contributed by atoms with Crippen LogP contribution in [0.2, 0.25) is 0 Å². The number of thiazole rings is 1. The van der Waals surface area contributed by atoms with Gasteiger partial charge in [-0.15, -0.1) is 0 Å². The van der Waals surface area contributed by atoms with Crippen LogP contribution >= 0.6 is 11.3 Å². The fourth-order valence-electron chi connectivity index (χ4n) is 2.44. The van der Waals surface area contributed by atoms with Crippen molar-refractivity contribution in [1.29, 1.82) is 0 Å². The molecule has 0 bridgehead atoms. The Morgan fingerprint density at radius 2 is 2.04 bits per heavy atom. The third kappa shape index (κ3) is 4.27. The Kier molecular flexibility index (Phi) is 5.65. The summed E-state index contributed by atoms with van der Waals surface area (Å²) in [6, 6.07) is 11.4. The number of carbonyl (C=O) groups excluding carboxylic acids is 1. The van der Waals surface area contributed by atoms with Gasteiger partial charge in [-0.05, 0) is 6.92 Å². The number of anilines is 2. The van der Waals surface area contributed by atoms with E-state index in [0.29, 0.717) is 18.8 Å². The molecule has 2 N–H and O–H groups in total. The van der Waals surface area contributed by atoms with Gasteiger partial charge in [0.05, 0.1) is 18.0 Å². The van der Waals surface area contributed by atoms with Gasteiger partial charge in [0.15, 0.2) is 0 Å². The molecule has 2 amide bonds. The topological polar surface area (TPSA) is 81.1 Å². The number of hydrogen-bond acceptors (Lipinski definition) is 5. The van der Waals surface area contributed by atoms with E-state index in [-0.39, 0.29) is 6.03 Å². The lowest BCUT2D eigenvalue weighted by atomic mass is 10.2. The molecule has 0 aliphatic rings. The van der Waals surface area contributed by atoms with Crippen LogP contribution in [0, 0.1) is 6.92 Å². The lowest BCUT2D eigenvalue weighted by Gasteiger charge is -2.06. The Bertz CT molecular complexity index is 888. The molecule has 3 rings (SSSR count). The largest absolute Gasteiger partial charge is 0.384 e. The van der Waals surface area contributed by atoms with Gasteiger partial charge in [0, 0.05) is 32.2 Å². The van der Waals surface area contributed by atoms with E-state index in [1.165, 1.54) is 11.3 Å². The predicted octanol–water partition coefficient (Wildman–Crippen LogP) is 3.68. The highest BCUT2D eigenvalue weighted by Gasteiger charge is 2.14. The summed E-state index contributed by atoms with van der Waals surface area (Å²) in [4.78, 5) is 16.9. The minimum atomic E-state index is -0.322. The van der Waals surface area contributed by atoms with Crippen molar-refractivity contribution < 1.29 is 9.53 Å². The number of hydrogen-bond donors (Lipinski definition) is 2. The van der Waals surface area contributed by atoms with Crippen molar-refractivity contribution in [3.8, 4) is 10.6 Å². The van der Waals surface area contributed by atoms with Crippen LogP contribution in [0.25, 0.3) is 10.6 Å². The SMILES string of the molecule is COCCc1cc(NC(=O)Nc2sc(-c3ccccc3)nc2C)n(C)n1. The number of nitrogens with one attached hydrogen (secondary N) is 2. The third-order valence-electron chi connectivity index (χ3n) is 3.78. The minimum absolute atomic E-state index is 0.322. The van der Waals surface area contributed by atoms with Crippen molar-refractivity contribution in [2.24, 2.45) is 7.05 Å². The molecule has 0 saturated heterocycles. The number of methoxy groups -OCH3 is 1. The molecular weight excluding hydrogens is 350 g/mol. The van der Waals surface area contributed by atoms with Gasteiger partial charge >= 0.3 is 6.03 Å². The van der Waals surface area contributed by atoms with Crippen LogP contribution < -0.4 is 10.6 Å². The third-order valence-corrected chi connectivity index (χ3v) is 4.90. The summed E-state index contributed by atoms with van der Waals surface area (Å²) in [5.74, 6) is 0.624. The van der Waals surface area contributed by atoms with Crippen LogP contribution in [0.15, 0.2) is 36.4 Å². The van der Waals surface area contributed by atoms with Gasteiger partial charge in [0.25, 0.3) is 0 Å². The molecule has 2 aromatic heterocycles. The Balaban J connectivity index is 1.67. The smallest absolute Gasteiger partial charge is 0.325 e. The highest BCUT2D eigenvalue weighted by Crippen LogP contribution is 2.31. The summed E-state index contributed by atoms with van der Waals surface area (Å²) < 4.78 is 6.69. The monoisotopic (exact) mass is 371 g/mol. The second-order valence-electron chi connectivity index (χ2n) is 5.77. The number of urea groups is 1. The molecule has 1 aromatic carbocycles. The van der Waals surface area contributed by atoms with Crippen LogP contribution in [0.4, 0.5) is 15.6 Å². The van der Waals surface area contributed by atoms with E-state index in [9.17, 15) is 4.79 Å². The predicted molar refractivity (Wildman–Crippen MR) is 104 cm³/mol. The maximum atomic E-state index is 12.3. The molecule has 0 aliphatic carbocycles. The number of ether oxygens (including phenoxy) is 1. The standard InChI is InChI=1S/C18H21N5O2S/c1-12-16(26-17(19-12)13-7-5-4-6-8-13)21-18(24)20-15-11-14(9-10-25-3)22-23(15)2/h4-8,11H,9-10H2,1-3H3,(H2,20,21,24). The first-order chi connectivity index (χ1) is 12.6. The Hall–Kier alpha value is -2.71. The molecule has 0 atom stereocenters. The first kappa shape index (κ1) is 18.1. The van der Waals surface area contributed by atoms with Gasteiger partial charge in [-0.1, -0.05) is 41.7 Å². The van der Waals surface area contributed by atoms with E-state index in [1.807, 2.05) is 43.3 Å². The molecule has 0 unspecified atom stereocenters. The number of rotatable bonds is 6. The Morgan fingerprint density at radius 1 is 1.27 bits per heavy atom. The van der Waals surface area contributed by atoms with Gasteiger partial charge in [-0.25, -0.2) is 9.78 Å². The van der Waals surface area contributed by atoms with Gasteiger partial charge in [0.1, 0.15) is 15.8 Å². The van der Waals surface area contributed by atoms with Crippen LogP contribution in [0.5, 0.6) is 0 Å². The number of amides is 2. The molecule has 0 saturated carbocycles. The fraction of sp³-hybridized carbons (Fsp3) is 0.278. The number of nitrogens with zero attached hydrogens (tertiary/aromatic N) is 3. The molecular formula is C18H21N5O2S. The molecule has 0 radical (unpaired) electrons. The minimum Gasteiger partial charge on any atom is -0.384 e. The highest BCUT2D eigenvalue weighted by molar-refractivity contribution is 7.19. The van der Waals surface area contributed by atoms with Crippen LogP contribution in [-0.4, -0.2) is 34.5 Å². The van der Waals surface area contributed by atoms with Crippen molar-refractivity contribution >= 4 is 28.2 Å². The zero-order chi connectivity index (χ0) is 18.5. The summed E-state index contributed by atoms with van der Waals surface area (Å²) in [7, 11) is 3.44. The molecule has 136 valence electrons. The van der Waals surface area contributed by atoms with Crippen molar-refractivity contribution in [2.75, 3.05) is 24.4 Å². The highest BCUT2D eigenvalue weighted by atomic mass is 32.1. The molecule has 0 fully saturated rings. The summed E-state index contributed by atoms with van der Waals surface area (Å²) in [5.41, 5.74) is 2.68. The fourth-order valence-corrected chi connectivity index (χ4v) is 3.41. The maximum Gasteiger partial charge on any atom is 0.325 e. The average Bonchev–Trinajstić information content (AvgIpc) is 3.17. The van der Waals surface area contributed by atoms with Crippen LogP contribution in [0.3, 0.4) is 0 Å². The van der Waals surface area contributed by atoms with Crippen LogP contribution in [0.1, 0.15) is 11.4 Å². The first-order valence-electron chi connectivity index (χ1n) is 8.19. The quantitative estimate of drug-likeness (QED) is 0.692. The van der Waals surface area contributed by atoms with Crippen molar-refractivity contribution in [1.82, 2.24) is 14.8 Å². The van der Waals surface area contributed by atoms with E-state index < -0.39 is 0 Å². The van der Waals surface area contributed by atoms with Gasteiger partial charge in [0.2, 0.25) is 0 Å². The number of benzene rings is 1. The zero-order valence-electron chi connectivity index (χ0n) is 14.9. The molecule has 7 nitrogen and oxygen atoms in total.